The van der Waals surface area contributed by atoms with Crippen molar-refractivity contribution in [2.75, 3.05) is 5.32 Å². The molecule has 0 aliphatic heterocycles. The molecule has 1 amide bonds. The van der Waals surface area contributed by atoms with Crippen LogP contribution in [0.5, 0.6) is 5.75 Å². The Hall–Kier alpha value is -2.10. The number of ketones is 1. The molecule has 0 bridgehead atoms. The maximum absolute atomic E-state index is 12.6. The van der Waals surface area contributed by atoms with Gasteiger partial charge in [0.25, 0.3) is 0 Å². The van der Waals surface area contributed by atoms with Crippen molar-refractivity contribution in [3.05, 3.63) is 35.9 Å². The predicted octanol–water partition coefficient (Wildman–Crippen LogP) is 3.28. The number of benzene rings is 1. The van der Waals surface area contributed by atoms with Gasteiger partial charge in [0.1, 0.15) is 11.7 Å². The van der Waals surface area contributed by atoms with Crippen molar-refractivity contribution >= 4 is 17.4 Å². The minimum Gasteiger partial charge on any atom is -0.508 e. The zero-order valence-corrected chi connectivity index (χ0v) is 12.6. The number of nitrogens with one attached hydrogen (secondary N) is 1. The average molecular weight is 287 g/mol. The molecule has 0 spiro atoms. The molecular weight excluding hydrogens is 266 g/mol. The fourth-order valence-electron chi connectivity index (χ4n) is 2.49. The van der Waals surface area contributed by atoms with Crippen LogP contribution in [0.15, 0.2) is 35.9 Å². The summed E-state index contributed by atoms with van der Waals surface area (Å²) < 4.78 is 0. The number of Topliss-reactive ketones (excluding diaryl/α,β-unsaturated/α-hetero) is 1. The second-order valence-corrected chi connectivity index (χ2v) is 6.30. The van der Waals surface area contributed by atoms with E-state index in [1.165, 1.54) is 12.1 Å². The summed E-state index contributed by atoms with van der Waals surface area (Å²) >= 11 is 0. The minimum absolute atomic E-state index is 0.0214. The van der Waals surface area contributed by atoms with Crippen LogP contribution in [0.2, 0.25) is 0 Å². The summed E-state index contributed by atoms with van der Waals surface area (Å²) in [6.07, 6.45) is 3.18. The lowest BCUT2D eigenvalue weighted by Gasteiger charge is -2.24. The quantitative estimate of drug-likeness (QED) is 0.498. The summed E-state index contributed by atoms with van der Waals surface area (Å²) in [5, 5.41) is 12.0. The van der Waals surface area contributed by atoms with Crippen LogP contribution in [0.4, 0.5) is 5.69 Å². The molecule has 0 aromatic heterocycles. The Kier molecular flexibility index (Phi) is 4.16. The molecule has 2 rings (SSSR count). The summed E-state index contributed by atoms with van der Waals surface area (Å²) in [5.74, 6) is -0.828. The van der Waals surface area contributed by atoms with Gasteiger partial charge in [-0.05, 0) is 44.0 Å². The molecule has 0 unspecified atom stereocenters. The Bertz CT molecular complexity index is 585. The second kappa shape index (κ2) is 5.72. The maximum Gasteiger partial charge on any atom is 0.235 e. The van der Waals surface area contributed by atoms with E-state index in [4.69, 9.17) is 0 Å². The molecule has 0 heterocycles. The van der Waals surface area contributed by atoms with Crippen LogP contribution in [-0.4, -0.2) is 16.8 Å². The summed E-state index contributed by atoms with van der Waals surface area (Å²) in [7, 11) is 0. The molecule has 1 aliphatic rings. The highest BCUT2D eigenvalue weighted by atomic mass is 16.3. The number of anilines is 1. The number of rotatable bonds is 2. The molecule has 0 fully saturated rings. The maximum atomic E-state index is 12.6. The van der Waals surface area contributed by atoms with Gasteiger partial charge in [0.05, 0.1) is 0 Å². The summed E-state index contributed by atoms with van der Waals surface area (Å²) in [5.41, 5.74) is 1.13. The van der Waals surface area contributed by atoms with Crippen molar-refractivity contribution in [2.45, 2.75) is 33.6 Å². The first kappa shape index (κ1) is 15.3. The van der Waals surface area contributed by atoms with Crippen LogP contribution in [-0.2, 0) is 9.59 Å². The SMILES string of the molecule is CC1=CCC(C)(C)C(=O)[C@H](C(=O)Nc2ccc(O)cc2)C1. The first-order valence-electron chi connectivity index (χ1n) is 7.09. The van der Waals surface area contributed by atoms with Gasteiger partial charge in [-0.15, -0.1) is 0 Å². The van der Waals surface area contributed by atoms with Crippen molar-refractivity contribution in [1.82, 2.24) is 0 Å². The van der Waals surface area contributed by atoms with Gasteiger partial charge in [-0.2, -0.15) is 0 Å². The van der Waals surface area contributed by atoms with Gasteiger partial charge in [-0.25, -0.2) is 0 Å². The van der Waals surface area contributed by atoms with Gasteiger partial charge in [0.2, 0.25) is 5.91 Å². The van der Waals surface area contributed by atoms with Crippen LogP contribution in [0, 0.1) is 11.3 Å². The topological polar surface area (TPSA) is 66.4 Å². The molecule has 1 aromatic rings. The van der Waals surface area contributed by atoms with Gasteiger partial charge in [-0.3, -0.25) is 9.59 Å². The molecule has 4 heteroatoms. The highest BCUT2D eigenvalue weighted by Gasteiger charge is 2.38. The zero-order valence-electron chi connectivity index (χ0n) is 12.6. The number of aromatic hydroxyl groups is 1. The van der Waals surface area contributed by atoms with Gasteiger partial charge >= 0.3 is 0 Å². The van der Waals surface area contributed by atoms with E-state index < -0.39 is 11.3 Å². The molecule has 0 saturated heterocycles. The van der Waals surface area contributed by atoms with Gasteiger partial charge < -0.3 is 10.4 Å². The van der Waals surface area contributed by atoms with Crippen LogP contribution < -0.4 is 5.32 Å². The normalized spacial score (nSPS) is 21.4. The molecule has 1 aromatic carbocycles. The van der Waals surface area contributed by atoms with Crippen molar-refractivity contribution in [3.8, 4) is 5.75 Å². The first-order chi connectivity index (χ1) is 9.79. The Balaban J connectivity index is 2.18. The third-order valence-electron chi connectivity index (χ3n) is 3.92. The highest BCUT2D eigenvalue weighted by molar-refractivity contribution is 6.09. The third-order valence-corrected chi connectivity index (χ3v) is 3.92. The first-order valence-corrected chi connectivity index (χ1v) is 7.09. The highest BCUT2D eigenvalue weighted by Crippen LogP contribution is 2.33. The van der Waals surface area contributed by atoms with Gasteiger partial charge in [-0.1, -0.05) is 25.5 Å². The standard InChI is InChI=1S/C17H21NO3/c1-11-8-9-17(2,3)15(20)14(10-11)16(21)18-12-4-6-13(19)7-5-12/h4-8,14,19H,9-10H2,1-3H3,(H,18,21)/t14-/m1/s1. The fraction of sp³-hybridized carbons (Fsp3) is 0.412. The molecule has 0 saturated carbocycles. The lowest BCUT2D eigenvalue weighted by atomic mass is 9.79. The molecule has 112 valence electrons. The van der Waals surface area contributed by atoms with E-state index >= 15 is 0 Å². The van der Waals surface area contributed by atoms with E-state index in [0.717, 1.165) is 5.57 Å². The van der Waals surface area contributed by atoms with Crippen LogP contribution in [0.25, 0.3) is 0 Å². The number of phenolic OH excluding ortho intramolecular Hbond substituents is 1. The molecule has 4 nitrogen and oxygen atoms in total. The molecule has 1 aliphatic carbocycles. The van der Waals surface area contributed by atoms with Crippen molar-refractivity contribution in [1.29, 1.82) is 0 Å². The summed E-state index contributed by atoms with van der Waals surface area (Å²) in [6.45, 7) is 5.71. The smallest absolute Gasteiger partial charge is 0.235 e. The Labute approximate surface area is 124 Å². The van der Waals surface area contributed by atoms with E-state index in [9.17, 15) is 14.7 Å². The largest absolute Gasteiger partial charge is 0.508 e. The minimum atomic E-state index is -0.660. The second-order valence-electron chi connectivity index (χ2n) is 6.30. The number of amides is 1. The summed E-state index contributed by atoms with van der Waals surface area (Å²) in [4.78, 5) is 25.0. The van der Waals surface area contributed by atoms with Crippen molar-refractivity contribution in [2.24, 2.45) is 11.3 Å². The van der Waals surface area contributed by atoms with Crippen LogP contribution in [0.3, 0.4) is 0 Å². The third kappa shape index (κ3) is 3.51. The van der Waals surface area contributed by atoms with Crippen LogP contribution >= 0.6 is 0 Å². The van der Waals surface area contributed by atoms with E-state index in [-0.39, 0.29) is 17.4 Å². The van der Waals surface area contributed by atoms with E-state index in [1.807, 2.05) is 26.8 Å². The number of hydrogen-bond donors (Lipinski definition) is 2. The molecule has 0 radical (unpaired) electrons. The van der Waals surface area contributed by atoms with Gasteiger partial charge in [0, 0.05) is 11.1 Å². The zero-order chi connectivity index (χ0) is 15.6. The fourth-order valence-corrected chi connectivity index (χ4v) is 2.49. The monoisotopic (exact) mass is 287 g/mol. The van der Waals surface area contributed by atoms with E-state index in [1.54, 1.807) is 12.1 Å². The Morgan fingerprint density at radius 3 is 2.52 bits per heavy atom. The number of phenols is 1. The average Bonchev–Trinajstić information content (AvgIpc) is 2.53. The Morgan fingerprint density at radius 2 is 1.90 bits per heavy atom. The van der Waals surface area contributed by atoms with E-state index in [2.05, 4.69) is 5.32 Å². The van der Waals surface area contributed by atoms with Gasteiger partial charge in [0.15, 0.2) is 5.78 Å². The Morgan fingerprint density at radius 1 is 1.29 bits per heavy atom. The number of carbonyl (C=O) groups excluding carboxylic acids is 2. The van der Waals surface area contributed by atoms with Crippen molar-refractivity contribution in [3.63, 3.8) is 0 Å². The van der Waals surface area contributed by atoms with Crippen LogP contribution in [0.1, 0.15) is 33.6 Å². The number of carbonyl (C=O) groups is 2. The number of hydrogen-bond acceptors (Lipinski definition) is 3. The lowest BCUT2D eigenvalue weighted by Crippen LogP contribution is -2.37. The predicted molar refractivity (Wildman–Crippen MR) is 82.0 cm³/mol. The number of allylic oxidation sites excluding steroid dienone is 2. The molecule has 21 heavy (non-hydrogen) atoms. The van der Waals surface area contributed by atoms with Crippen molar-refractivity contribution < 1.29 is 14.7 Å². The lowest BCUT2D eigenvalue weighted by molar-refractivity contribution is -0.136. The molecular formula is C17H21NO3. The summed E-state index contributed by atoms with van der Waals surface area (Å²) in [6, 6.07) is 6.23. The molecule has 1 atom stereocenters. The molecule has 2 N–H and O–H groups in total. The van der Waals surface area contributed by atoms with E-state index in [0.29, 0.717) is 18.5 Å².